The topological polar surface area (TPSA) is 97.0 Å². The molecule has 0 spiro atoms. The van der Waals surface area contributed by atoms with E-state index in [1.54, 1.807) is 11.8 Å². The van der Waals surface area contributed by atoms with Crippen molar-refractivity contribution in [2.45, 2.75) is 25.8 Å². The van der Waals surface area contributed by atoms with E-state index in [1.165, 1.54) is 4.57 Å². The van der Waals surface area contributed by atoms with Gasteiger partial charge < -0.3 is 14.4 Å². The van der Waals surface area contributed by atoms with E-state index in [4.69, 9.17) is 4.52 Å². The van der Waals surface area contributed by atoms with Gasteiger partial charge in [0.25, 0.3) is 0 Å². The monoisotopic (exact) mass is 327 g/mol. The first kappa shape index (κ1) is 14.7. The molecule has 8 nitrogen and oxygen atoms in total. The predicted octanol–water partition coefficient (Wildman–Crippen LogP) is 1.04. The van der Waals surface area contributed by atoms with Crippen molar-refractivity contribution in [2.75, 3.05) is 13.1 Å². The fraction of sp³-hybridized carbons (Fsp3) is 0.375. The molecule has 1 atom stereocenters. The maximum absolute atomic E-state index is 12.6. The van der Waals surface area contributed by atoms with Crippen LogP contribution in [0.15, 0.2) is 33.6 Å². The highest BCUT2D eigenvalue weighted by atomic mass is 16.5. The molecule has 0 radical (unpaired) electrons. The van der Waals surface area contributed by atoms with Gasteiger partial charge in [-0.25, -0.2) is 4.79 Å². The summed E-state index contributed by atoms with van der Waals surface area (Å²) in [6.45, 7) is 2.96. The highest BCUT2D eigenvalue weighted by Gasteiger charge is 2.31. The van der Waals surface area contributed by atoms with Crippen LogP contribution < -0.4 is 5.69 Å². The summed E-state index contributed by atoms with van der Waals surface area (Å²) < 4.78 is 6.67. The molecular formula is C16H17N5O3. The van der Waals surface area contributed by atoms with Crippen LogP contribution in [0, 0.1) is 6.92 Å². The number of nitrogens with zero attached hydrogens (tertiary/aromatic N) is 4. The van der Waals surface area contributed by atoms with Gasteiger partial charge in [-0.2, -0.15) is 4.98 Å². The number of aryl methyl sites for hydroxylation is 1. The van der Waals surface area contributed by atoms with Crippen LogP contribution in [0.4, 0.5) is 0 Å². The van der Waals surface area contributed by atoms with Gasteiger partial charge in [0.15, 0.2) is 5.82 Å². The van der Waals surface area contributed by atoms with Crippen molar-refractivity contribution in [3.8, 4) is 0 Å². The minimum absolute atomic E-state index is 0.0262. The first-order valence-electron chi connectivity index (χ1n) is 7.87. The van der Waals surface area contributed by atoms with Gasteiger partial charge in [0.05, 0.1) is 17.0 Å². The number of fused-ring (bicyclic) bond motifs is 1. The molecule has 0 unspecified atom stereocenters. The van der Waals surface area contributed by atoms with Crippen LogP contribution in [0.5, 0.6) is 0 Å². The Kier molecular flexibility index (Phi) is 3.44. The van der Waals surface area contributed by atoms with Gasteiger partial charge in [-0.05, 0) is 25.5 Å². The fourth-order valence-corrected chi connectivity index (χ4v) is 3.17. The zero-order valence-corrected chi connectivity index (χ0v) is 13.2. The lowest BCUT2D eigenvalue weighted by Gasteiger charge is -2.16. The Labute approximate surface area is 137 Å². The number of rotatable bonds is 3. The van der Waals surface area contributed by atoms with Gasteiger partial charge in [-0.3, -0.25) is 9.36 Å². The number of hydrogen-bond acceptors (Lipinski definition) is 5. The van der Waals surface area contributed by atoms with Crippen molar-refractivity contribution in [3.63, 3.8) is 0 Å². The van der Waals surface area contributed by atoms with Crippen LogP contribution in [0.1, 0.15) is 24.1 Å². The number of H-pyrrole nitrogens is 1. The van der Waals surface area contributed by atoms with Crippen LogP contribution in [0.2, 0.25) is 0 Å². The van der Waals surface area contributed by atoms with Crippen molar-refractivity contribution in [3.05, 3.63) is 46.5 Å². The molecule has 1 aliphatic heterocycles. The maximum Gasteiger partial charge on any atom is 0.326 e. The number of likely N-dealkylation sites (tertiary alicyclic amines) is 1. The Morgan fingerprint density at radius 1 is 1.42 bits per heavy atom. The average Bonchev–Trinajstić information content (AvgIpc) is 3.27. The zero-order chi connectivity index (χ0) is 16.7. The third-order valence-electron chi connectivity index (χ3n) is 4.41. The Morgan fingerprint density at radius 3 is 3.04 bits per heavy atom. The highest BCUT2D eigenvalue weighted by molar-refractivity contribution is 5.80. The number of nitrogens with one attached hydrogen (secondary N) is 1. The molecule has 1 aromatic carbocycles. The second-order valence-corrected chi connectivity index (χ2v) is 6.04. The van der Waals surface area contributed by atoms with Gasteiger partial charge in [-0.15, -0.1) is 0 Å². The second-order valence-electron chi connectivity index (χ2n) is 6.04. The van der Waals surface area contributed by atoms with Crippen LogP contribution in [-0.2, 0) is 11.3 Å². The number of carbonyl (C=O) groups excluding carboxylic acids is 1. The summed E-state index contributed by atoms with van der Waals surface area (Å²) in [5.41, 5.74) is 1.20. The van der Waals surface area contributed by atoms with Crippen molar-refractivity contribution in [1.82, 2.24) is 24.6 Å². The van der Waals surface area contributed by atoms with Crippen molar-refractivity contribution < 1.29 is 9.32 Å². The summed E-state index contributed by atoms with van der Waals surface area (Å²) in [6, 6.07) is 7.35. The molecular weight excluding hydrogens is 310 g/mol. The fourth-order valence-electron chi connectivity index (χ4n) is 3.17. The third kappa shape index (κ3) is 2.49. The smallest absolute Gasteiger partial charge is 0.326 e. The first-order valence-corrected chi connectivity index (χ1v) is 7.87. The van der Waals surface area contributed by atoms with Gasteiger partial charge in [0.2, 0.25) is 11.8 Å². The van der Waals surface area contributed by atoms with Crippen molar-refractivity contribution in [1.29, 1.82) is 0 Å². The number of aromatic nitrogens is 4. The molecule has 1 amide bonds. The first-order chi connectivity index (χ1) is 11.6. The Hall–Kier alpha value is -2.90. The lowest BCUT2D eigenvalue weighted by atomic mass is 10.1. The van der Waals surface area contributed by atoms with E-state index in [0.29, 0.717) is 24.8 Å². The van der Waals surface area contributed by atoms with E-state index in [1.807, 2.05) is 24.3 Å². The molecule has 4 rings (SSSR count). The van der Waals surface area contributed by atoms with Gasteiger partial charge >= 0.3 is 5.69 Å². The molecule has 24 heavy (non-hydrogen) atoms. The largest absolute Gasteiger partial charge is 0.340 e. The van der Waals surface area contributed by atoms with Crippen molar-refractivity contribution >= 4 is 16.9 Å². The van der Waals surface area contributed by atoms with Gasteiger partial charge in [-0.1, -0.05) is 17.3 Å². The van der Waals surface area contributed by atoms with E-state index in [0.717, 1.165) is 17.5 Å². The van der Waals surface area contributed by atoms with Crippen LogP contribution in [-0.4, -0.2) is 43.6 Å². The predicted molar refractivity (Wildman–Crippen MR) is 85.5 cm³/mol. The molecule has 0 aliphatic carbocycles. The molecule has 8 heteroatoms. The minimum atomic E-state index is -0.271. The number of carbonyl (C=O) groups is 1. The highest BCUT2D eigenvalue weighted by Crippen LogP contribution is 2.26. The second kappa shape index (κ2) is 5.63. The molecule has 0 bridgehead atoms. The third-order valence-corrected chi connectivity index (χ3v) is 4.41. The van der Waals surface area contributed by atoms with Gasteiger partial charge in [0, 0.05) is 13.1 Å². The summed E-state index contributed by atoms with van der Waals surface area (Å²) in [5, 5.41) is 3.80. The molecule has 2 aromatic heterocycles. The Morgan fingerprint density at radius 2 is 2.25 bits per heavy atom. The summed E-state index contributed by atoms with van der Waals surface area (Å²) in [6.07, 6.45) is 0.788. The van der Waals surface area contributed by atoms with E-state index >= 15 is 0 Å². The minimum Gasteiger partial charge on any atom is -0.340 e. The van der Waals surface area contributed by atoms with Crippen molar-refractivity contribution in [2.24, 2.45) is 0 Å². The molecule has 1 fully saturated rings. The van der Waals surface area contributed by atoms with E-state index in [9.17, 15) is 9.59 Å². The summed E-state index contributed by atoms with van der Waals surface area (Å²) in [5.74, 6) is 1.16. The molecule has 3 heterocycles. The molecule has 3 aromatic rings. The van der Waals surface area contributed by atoms with E-state index in [2.05, 4.69) is 15.1 Å². The molecule has 124 valence electrons. The number of imidazole rings is 1. The van der Waals surface area contributed by atoms with Crippen LogP contribution >= 0.6 is 0 Å². The lowest BCUT2D eigenvalue weighted by molar-refractivity contribution is -0.130. The zero-order valence-electron chi connectivity index (χ0n) is 13.2. The van der Waals surface area contributed by atoms with Gasteiger partial charge in [0.1, 0.15) is 6.54 Å². The molecule has 1 aliphatic rings. The van der Waals surface area contributed by atoms with E-state index < -0.39 is 0 Å². The number of hydrogen-bond donors (Lipinski definition) is 1. The summed E-state index contributed by atoms with van der Waals surface area (Å²) in [4.78, 5) is 33.4. The SMILES string of the molecule is Cc1noc([C@H]2CCN(C(=O)Cn3c(=O)[nH]c4ccccc43)C2)n1. The normalized spacial score (nSPS) is 17.7. The maximum atomic E-state index is 12.6. The number of benzene rings is 1. The van der Waals surface area contributed by atoms with Crippen LogP contribution in [0.3, 0.4) is 0 Å². The molecule has 0 saturated carbocycles. The number of para-hydroxylation sites is 2. The van der Waals surface area contributed by atoms with Crippen LogP contribution in [0.25, 0.3) is 11.0 Å². The quantitative estimate of drug-likeness (QED) is 0.775. The summed E-state index contributed by atoms with van der Waals surface area (Å²) >= 11 is 0. The summed E-state index contributed by atoms with van der Waals surface area (Å²) in [7, 11) is 0. The Bertz CT molecular complexity index is 954. The molecule has 1 saturated heterocycles. The Balaban J connectivity index is 1.50. The van der Waals surface area contributed by atoms with E-state index in [-0.39, 0.29) is 24.1 Å². The molecule has 1 N–H and O–H groups in total. The number of amides is 1. The number of aromatic amines is 1. The standard InChI is InChI=1S/C16H17N5O3/c1-10-17-15(24-19-10)11-6-7-20(8-11)14(22)9-21-13-5-3-2-4-12(13)18-16(21)23/h2-5,11H,6-9H2,1H3,(H,18,23)/t11-/m0/s1. The average molecular weight is 327 g/mol. The lowest BCUT2D eigenvalue weighted by Crippen LogP contribution is -2.34.